The Morgan fingerprint density at radius 3 is 1.49 bits per heavy atom. The fourth-order valence-corrected chi connectivity index (χ4v) is 11.9. The highest BCUT2D eigenvalue weighted by Crippen LogP contribution is 2.33. The second-order valence-corrected chi connectivity index (χ2v) is 28.4. The summed E-state index contributed by atoms with van der Waals surface area (Å²) in [6.07, 6.45) is 2.25. The van der Waals surface area contributed by atoms with Crippen LogP contribution in [0, 0.1) is 11.8 Å². The largest absolute Gasteiger partial charge is 0.391 e. The van der Waals surface area contributed by atoms with E-state index in [-0.39, 0.29) is 81.3 Å². The van der Waals surface area contributed by atoms with Crippen LogP contribution in [0.25, 0.3) is 0 Å². The molecule has 0 saturated carbocycles. The van der Waals surface area contributed by atoms with Crippen LogP contribution in [0.4, 0.5) is 0 Å². The van der Waals surface area contributed by atoms with E-state index in [1.807, 2.05) is 0 Å². The summed E-state index contributed by atoms with van der Waals surface area (Å²) in [5, 5.41) is 45.1. The van der Waals surface area contributed by atoms with E-state index in [9.17, 15) is 77.3 Å². The number of nitrogens with one attached hydrogen (secondary N) is 9. The summed E-state index contributed by atoms with van der Waals surface area (Å²) >= 11 is 2.74. The van der Waals surface area contributed by atoms with E-state index in [4.69, 9.17) is 28.7 Å². The number of nitrogens with two attached hydrogens (primary N) is 5. The number of unbranched alkanes of at least 4 members (excludes halogenated alkanes) is 1. The molecular formula is C63H103N16O16PS2. The Kier molecular flexibility index (Phi) is 36.8. The van der Waals surface area contributed by atoms with Gasteiger partial charge < -0.3 is 101 Å². The van der Waals surface area contributed by atoms with Gasteiger partial charge in [-0.15, -0.1) is 0 Å². The lowest BCUT2D eigenvalue weighted by Crippen LogP contribution is -2.63. The van der Waals surface area contributed by atoms with E-state index in [1.54, 1.807) is 70.5 Å². The lowest BCUT2D eigenvalue weighted by molar-refractivity contribution is -0.144. The molecule has 23 N–H and O–H groups in total. The number of hydrogen-bond acceptors (Lipinski definition) is 19. The number of guanidine groups is 1. The molecule has 1 aliphatic rings. The first-order valence-electron chi connectivity index (χ1n) is 32.5. The number of likely N-dealkylation sites (tertiary alicyclic amines) is 1. The van der Waals surface area contributed by atoms with Crippen LogP contribution >= 0.6 is 31.1 Å². The number of aliphatic hydroxyl groups excluding tert-OH is 2. The van der Waals surface area contributed by atoms with Gasteiger partial charge in [0.15, 0.2) is 5.96 Å². The molecule has 13 atom stereocenters. The summed E-state index contributed by atoms with van der Waals surface area (Å²) < 4.78 is 12.1. The highest BCUT2D eigenvalue weighted by atomic mass is 32.2. The molecule has 1 fully saturated rings. The van der Waals surface area contributed by atoms with E-state index >= 15 is 0 Å². The summed E-state index contributed by atoms with van der Waals surface area (Å²) in [5.74, 6) is -10.3. The van der Waals surface area contributed by atoms with Gasteiger partial charge >= 0.3 is 7.60 Å². The van der Waals surface area contributed by atoms with Gasteiger partial charge in [-0.2, -0.15) is 23.5 Å². The standard InChI is InChI=1S/C63H103N16O16PS2/c1-34(2)48(59(89)76-49(35(3)4)60(90)77-50(36(5)80)61(91)70-42(52(66)82)19-14-28-69-63(67)68)75-57(87)46(33-39-21-23-40(24-22-39)96(93,94)95)74-58(88)47-20-15-29-79(47)62(92)51(37(6)81)78-55(85)44(26-31-98-8)71-54(84)43(25-30-97-7)72-56(86)45(32-38-16-10-9-11-17-38)73-53(83)41(65)18-12-13-27-64/h9-11,16-17,21-24,34-37,41-51,80-81H,12-15,18-20,25-33,64-65H2,1-8H3,(H2,66,82)(H,70,91)(H,71,84)(H,72,86)(H,73,83)(H,74,88)(H,75,87)(H,76,89)(H,77,90)(H,78,85)(H4,67,68,69)(H2,93,94,95)/t36-,37-,41+,42+,43+,44+,45+,46+,47+,48+,49+,50+,51+/m1/s1. The number of aliphatic hydroxyl groups is 2. The molecule has 548 valence electrons. The Bertz CT molecular complexity index is 3050. The number of rotatable bonds is 43. The van der Waals surface area contributed by atoms with Gasteiger partial charge in [-0.1, -0.05) is 76.6 Å². The summed E-state index contributed by atoms with van der Waals surface area (Å²) in [6.45, 7) is 9.18. The first-order chi connectivity index (χ1) is 46.1. The fraction of sp³-hybridized carbons (Fsp3) is 0.619. The normalized spacial score (nSPS) is 16.7. The van der Waals surface area contributed by atoms with E-state index in [1.165, 1.54) is 49.5 Å². The average molecular weight is 1440 g/mol. The second kappa shape index (κ2) is 42.5. The van der Waals surface area contributed by atoms with Crippen molar-refractivity contribution in [1.82, 2.24) is 52.8 Å². The number of carbonyl (C=O) groups excluding carboxylic acids is 11. The third kappa shape index (κ3) is 28.4. The minimum atomic E-state index is -4.74. The molecule has 0 unspecified atom stereocenters. The maximum absolute atomic E-state index is 14.7. The second-order valence-electron chi connectivity index (χ2n) is 24.8. The van der Waals surface area contributed by atoms with Crippen molar-refractivity contribution in [3.05, 3.63) is 65.7 Å². The van der Waals surface area contributed by atoms with Gasteiger partial charge in [-0.05, 0) is 131 Å². The van der Waals surface area contributed by atoms with Crippen molar-refractivity contribution >= 4 is 107 Å². The van der Waals surface area contributed by atoms with Gasteiger partial charge in [0.2, 0.25) is 65.0 Å². The van der Waals surface area contributed by atoms with Crippen molar-refractivity contribution in [2.75, 3.05) is 43.7 Å². The molecule has 2 aromatic rings. The number of benzene rings is 2. The zero-order valence-corrected chi connectivity index (χ0v) is 59.4. The number of carbonyl (C=O) groups is 11. The number of thioether (sulfide) groups is 2. The first kappa shape index (κ1) is 84.8. The molecule has 11 amide bonds. The molecule has 1 saturated heterocycles. The van der Waals surface area contributed by atoms with Crippen LogP contribution in [0.15, 0.2) is 59.6 Å². The summed E-state index contributed by atoms with van der Waals surface area (Å²) in [6, 6.07) is -1.31. The topological polar surface area (TPSA) is 540 Å². The Hall–Kier alpha value is -7.43. The molecule has 0 bridgehead atoms. The smallest absolute Gasteiger partial charge is 0.356 e. The predicted octanol–water partition coefficient (Wildman–Crippen LogP) is -3.80. The molecule has 3 rings (SSSR count). The van der Waals surface area contributed by atoms with E-state index in [0.717, 1.165) is 17.0 Å². The third-order valence-electron chi connectivity index (χ3n) is 16.1. The van der Waals surface area contributed by atoms with Crippen molar-refractivity contribution < 1.29 is 77.3 Å². The van der Waals surface area contributed by atoms with Crippen LogP contribution in [-0.2, 0) is 70.1 Å². The quantitative estimate of drug-likeness (QED) is 0.0131. The van der Waals surface area contributed by atoms with E-state index in [2.05, 4.69) is 52.8 Å². The number of primary amides is 1. The fourth-order valence-electron chi connectivity index (χ4n) is 10.5. The Labute approximate surface area is 580 Å². The van der Waals surface area contributed by atoms with Gasteiger partial charge in [0.1, 0.15) is 60.4 Å². The van der Waals surface area contributed by atoms with E-state index < -0.39 is 163 Å². The molecule has 1 aliphatic heterocycles. The lowest BCUT2D eigenvalue weighted by Gasteiger charge is -2.32. The molecule has 0 spiro atoms. The molecule has 35 heteroatoms. The minimum absolute atomic E-state index is 0.00228. The zero-order valence-electron chi connectivity index (χ0n) is 56.9. The van der Waals surface area contributed by atoms with E-state index in [0.29, 0.717) is 42.9 Å². The van der Waals surface area contributed by atoms with Crippen LogP contribution in [0.3, 0.4) is 0 Å². The summed E-state index contributed by atoms with van der Waals surface area (Å²) in [7, 11) is -4.74. The molecule has 0 radical (unpaired) electrons. The Morgan fingerprint density at radius 2 is 1.00 bits per heavy atom. The number of aliphatic imine (C=N–C) groups is 1. The highest BCUT2D eigenvalue weighted by molar-refractivity contribution is 7.98. The maximum atomic E-state index is 14.7. The minimum Gasteiger partial charge on any atom is -0.391 e. The Balaban J connectivity index is 1.92. The van der Waals surface area contributed by atoms with Gasteiger partial charge in [0, 0.05) is 25.9 Å². The molecule has 32 nitrogen and oxygen atoms in total. The van der Waals surface area contributed by atoms with Gasteiger partial charge in [0.25, 0.3) is 0 Å². The molecule has 2 aromatic carbocycles. The number of amides is 11. The van der Waals surface area contributed by atoms with Gasteiger partial charge in [-0.25, -0.2) is 0 Å². The van der Waals surface area contributed by atoms with Crippen molar-refractivity contribution in [2.24, 2.45) is 45.5 Å². The lowest BCUT2D eigenvalue weighted by atomic mass is 9.98. The first-order valence-corrected chi connectivity index (χ1v) is 36.9. The van der Waals surface area contributed by atoms with Crippen LogP contribution < -0.4 is 81.8 Å². The molecule has 0 aliphatic carbocycles. The van der Waals surface area contributed by atoms with Gasteiger partial charge in [0.05, 0.1) is 23.6 Å². The van der Waals surface area contributed by atoms with Crippen LogP contribution in [0.1, 0.15) is 110 Å². The van der Waals surface area contributed by atoms with Crippen molar-refractivity contribution in [3.63, 3.8) is 0 Å². The zero-order chi connectivity index (χ0) is 73.6. The van der Waals surface area contributed by atoms with Crippen molar-refractivity contribution in [3.8, 4) is 0 Å². The van der Waals surface area contributed by atoms with Crippen LogP contribution in [-0.4, -0.2) is 218 Å². The number of nitrogens with zero attached hydrogens (tertiary/aromatic N) is 2. The maximum Gasteiger partial charge on any atom is 0.356 e. The molecular weight excluding hydrogens is 1330 g/mol. The van der Waals surface area contributed by atoms with Crippen molar-refractivity contribution in [2.45, 2.75) is 191 Å². The number of hydrogen-bond donors (Lipinski definition) is 18. The molecule has 0 aromatic heterocycles. The van der Waals surface area contributed by atoms with Gasteiger partial charge in [-0.3, -0.25) is 62.3 Å². The summed E-state index contributed by atoms with van der Waals surface area (Å²) in [5.41, 5.74) is 29.1. The van der Waals surface area contributed by atoms with Crippen LogP contribution in [0.5, 0.6) is 0 Å². The molecule has 98 heavy (non-hydrogen) atoms. The SMILES string of the molecule is CSCC[C@H](NC(=O)[C@H](Cc1ccccc1)NC(=O)[C@@H](N)CCCCN)C(=O)N[C@@H](CCSC)C(=O)N[C@H](C(=O)N1CCC[C@H]1C(=O)N[C@@H](Cc1ccc(P(=O)(O)O)cc1)C(=O)N[C@H](C(=O)N[C@H](C(=O)N[C@H](C(=O)N[C@@H](CCCN=C(N)N)C(N)=O)[C@@H](C)O)C(C)C)C(C)C)[C@@H](C)O. The van der Waals surface area contributed by atoms with Crippen molar-refractivity contribution in [1.29, 1.82) is 0 Å². The summed E-state index contributed by atoms with van der Waals surface area (Å²) in [4.78, 5) is 179. The molecule has 1 heterocycles. The monoisotopic (exact) mass is 1430 g/mol. The Morgan fingerprint density at radius 1 is 0.551 bits per heavy atom. The predicted molar refractivity (Wildman–Crippen MR) is 373 cm³/mol. The van der Waals surface area contributed by atoms with Crippen LogP contribution in [0.2, 0.25) is 0 Å². The average Bonchev–Trinajstić information content (AvgIpc) is 1.52. The highest BCUT2D eigenvalue weighted by Gasteiger charge is 2.43. The third-order valence-corrected chi connectivity index (χ3v) is 18.4.